The Kier molecular flexibility index (Phi) is 5.24. The van der Waals surface area contributed by atoms with E-state index in [1.165, 1.54) is 31.5 Å². The molecule has 0 spiro atoms. The highest BCUT2D eigenvalue weighted by molar-refractivity contribution is 5.93. The summed E-state index contributed by atoms with van der Waals surface area (Å²) in [5.74, 6) is 1.39. The van der Waals surface area contributed by atoms with Crippen molar-refractivity contribution < 1.29 is 13.6 Å². The normalized spacial score (nSPS) is 13.7. The van der Waals surface area contributed by atoms with Crippen LogP contribution in [0.15, 0.2) is 53.1 Å². The molecule has 0 bridgehead atoms. The van der Waals surface area contributed by atoms with Gasteiger partial charge in [0.1, 0.15) is 11.6 Å². The SMILES string of the molecule is O=C(CCc1ncc(-c2ccccc2F)o1)Nc1ccc2c(c1)nc1n2CCCCC1. The summed E-state index contributed by atoms with van der Waals surface area (Å²) in [7, 11) is 0. The van der Waals surface area contributed by atoms with Crippen molar-refractivity contribution in [3.63, 3.8) is 0 Å². The van der Waals surface area contributed by atoms with Crippen LogP contribution in [0.25, 0.3) is 22.4 Å². The monoisotopic (exact) mass is 418 g/mol. The van der Waals surface area contributed by atoms with Crippen LogP contribution in [0, 0.1) is 5.82 Å². The number of hydrogen-bond acceptors (Lipinski definition) is 4. The molecule has 2 aromatic carbocycles. The molecule has 3 heterocycles. The number of carbonyl (C=O) groups is 1. The van der Waals surface area contributed by atoms with E-state index in [1.807, 2.05) is 18.2 Å². The van der Waals surface area contributed by atoms with Crippen LogP contribution in [-0.4, -0.2) is 20.4 Å². The summed E-state index contributed by atoms with van der Waals surface area (Å²) in [6, 6.07) is 12.2. The second kappa shape index (κ2) is 8.34. The summed E-state index contributed by atoms with van der Waals surface area (Å²) < 4.78 is 21.8. The topological polar surface area (TPSA) is 73.0 Å². The van der Waals surface area contributed by atoms with Gasteiger partial charge in [-0.3, -0.25) is 4.79 Å². The van der Waals surface area contributed by atoms with E-state index in [0.29, 0.717) is 23.6 Å². The Hall–Kier alpha value is -3.48. The van der Waals surface area contributed by atoms with Gasteiger partial charge in [-0.15, -0.1) is 0 Å². The third-order valence-corrected chi connectivity index (χ3v) is 5.65. The molecule has 6 nitrogen and oxygen atoms in total. The first-order valence-corrected chi connectivity index (χ1v) is 10.7. The number of rotatable bonds is 5. The molecule has 1 aliphatic rings. The molecule has 0 saturated carbocycles. The van der Waals surface area contributed by atoms with Crippen LogP contribution in [0.2, 0.25) is 0 Å². The number of halogens is 1. The predicted octanol–water partition coefficient (Wildman–Crippen LogP) is 5.13. The minimum atomic E-state index is -0.366. The number of imidazole rings is 1. The number of benzene rings is 2. The van der Waals surface area contributed by atoms with Gasteiger partial charge in [-0.1, -0.05) is 18.6 Å². The number of oxazole rings is 1. The van der Waals surface area contributed by atoms with Gasteiger partial charge < -0.3 is 14.3 Å². The molecule has 158 valence electrons. The van der Waals surface area contributed by atoms with Crippen LogP contribution in [0.3, 0.4) is 0 Å². The number of fused-ring (bicyclic) bond motifs is 3. The molecule has 0 atom stereocenters. The minimum Gasteiger partial charge on any atom is -0.441 e. The molecule has 1 amide bonds. The molecule has 0 fully saturated rings. The second-order valence-electron chi connectivity index (χ2n) is 7.84. The Bertz CT molecular complexity index is 1240. The third-order valence-electron chi connectivity index (χ3n) is 5.65. The average molecular weight is 418 g/mol. The van der Waals surface area contributed by atoms with Crippen molar-refractivity contribution in [3.05, 3.63) is 66.2 Å². The lowest BCUT2D eigenvalue weighted by Crippen LogP contribution is -2.12. The van der Waals surface area contributed by atoms with Crippen LogP contribution in [0.5, 0.6) is 0 Å². The zero-order chi connectivity index (χ0) is 21.2. The van der Waals surface area contributed by atoms with E-state index in [0.717, 1.165) is 35.5 Å². The first kappa shape index (κ1) is 19.5. The lowest BCUT2D eigenvalue weighted by atomic mass is 10.2. The lowest BCUT2D eigenvalue weighted by molar-refractivity contribution is -0.116. The van der Waals surface area contributed by atoms with E-state index in [4.69, 9.17) is 9.40 Å². The molecule has 2 aromatic heterocycles. The van der Waals surface area contributed by atoms with E-state index in [9.17, 15) is 9.18 Å². The van der Waals surface area contributed by atoms with E-state index < -0.39 is 0 Å². The van der Waals surface area contributed by atoms with E-state index in [-0.39, 0.29) is 18.1 Å². The smallest absolute Gasteiger partial charge is 0.224 e. The van der Waals surface area contributed by atoms with Crippen LogP contribution >= 0.6 is 0 Å². The third kappa shape index (κ3) is 4.08. The molecule has 31 heavy (non-hydrogen) atoms. The molecule has 1 aliphatic heterocycles. The molecule has 5 rings (SSSR count). The lowest BCUT2D eigenvalue weighted by Gasteiger charge is -2.06. The molecular weight excluding hydrogens is 395 g/mol. The van der Waals surface area contributed by atoms with Crippen LogP contribution < -0.4 is 5.32 Å². The number of anilines is 1. The number of nitrogens with zero attached hydrogens (tertiary/aromatic N) is 3. The van der Waals surface area contributed by atoms with Gasteiger partial charge >= 0.3 is 0 Å². The zero-order valence-electron chi connectivity index (χ0n) is 17.1. The molecule has 0 unspecified atom stereocenters. The largest absolute Gasteiger partial charge is 0.441 e. The van der Waals surface area contributed by atoms with Crippen molar-refractivity contribution in [1.82, 2.24) is 14.5 Å². The maximum absolute atomic E-state index is 13.9. The Morgan fingerprint density at radius 1 is 1.16 bits per heavy atom. The first-order chi connectivity index (χ1) is 15.2. The summed E-state index contributed by atoms with van der Waals surface area (Å²) in [5, 5.41) is 2.93. The Morgan fingerprint density at radius 3 is 2.97 bits per heavy atom. The number of carbonyl (C=O) groups excluding carboxylic acids is 1. The zero-order valence-corrected chi connectivity index (χ0v) is 17.1. The molecule has 0 aliphatic carbocycles. The minimum absolute atomic E-state index is 0.134. The summed E-state index contributed by atoms with van der Waals surface area (Å²) in [4.78, 5) is 21.4. The van der Waals surface area contributed by atoms with Gasteiger partial charge in [0.2, 0.25) is 5.91 Å². The number of aromatic nitrogens is 3. The van der Waals surface area contributed by atoms with Crippen LogP contribution in [-0.2, 0) is 24.2 Å². The van der Waals surface area contributed by atoms with Gasteiger partial charge in [-0.25, -0.2) is 14.4 Å². The fourth-order valence-electron chi connectivity index (χ4n) is 4.08. The van der Waals surface area contributed by atoms with Crippen LogP contribution in [0.4, 0.5) is 10.1 Å². The Balaban J connectivity index is 1.23. The Morgan fingerprint density at radius 2 is 2.06 bits per heavy atom. The molecular formula is C24H23FN4O2. The number of aryl methyl sites for hydroxylation is 3. The predicted molar refractivity (Wildman–Crippen MR) is 116 cm³/mol. The summed E-state index contributed by atoms with van der Waals surface area (Å²) >= 11 is 0. The van der Waals surface area contributed by atoms with Gasteiger partial charge in [0, 0.05) is 31.5 Å². The van der Waals surface area contributed by atoms with Gasteiger partial charge in [-0.2, -0.15) is 0 Å². The number of hydrogen-bond donors (Lipinski definition) is 1. The van der Waals surface area contributed by atoms with Crippen molar-refractivity contribution in [2.75, 3.05) is 5.32 Å². The highest BCUT2D eigenvalue weighted by Crippen LogP contribution is 2.25. The Labute approximate surface area is 179 Å². The van der Waals surface area contributed by atoms with Crippen molar-refractivity contribution >= 4 is 22.6 Å². The van der Waals surface area contributed by atoms with Gasteiger partial charge in [-0.05, 0) is 43.2 Å². The summed E-state index contributed by atoms with van der Waals surface area (Å²) in [5.41, 5.74) is 3.12. The molecule has 0 radical (unpaired) electrons. The van der Waals surface area contributed by atoms with Gasteiger partial charge in [0.05, 0.1) is 22.8 Å². The fourth-order valence-corrected chi connectivity index (χ4v) is 4.08. The number of amides is 1. The average Bonchev–Trinajstić information content (AvgIpc) is 3.30. The van der Waals surface area contributed by atoms with Crippen molar-refractivity contribution in [2.24, 2.45) is 0 Å². The summed E-state index contributed by atoms with van der Waals surface area (Å²) in [6.45, 7) is 1.00. The standard InChI is InChI=1S/C24H23FN4O2/c25-18-7-4-3-6-17(18)21-15-26-24(31-21)12-11-23(30)27-16-9-10-20-19(14-16)28-22-8-2-1-5-13-29(20)22/h3-4,6-7,9-10,14-15H,1-2,5,8,11-13H2,(H,27,30). The van der Waals surface area contributed by atoms with E-state index in [2.05, 4.69) is 14.9 Å². The number of nitrogens with one attached hydrogen (secondary N) is 1. The quantitative estimate of drug-likeness (QED) is 0.488. The van der Waals surface area contributed by atoms with Crippen molar-refractivity contribution in [2.45, 2.75) is 45.1 Å². The second-order valence-corrected chi connectivity index (χ2v) is 7.84. The van der Waals surface area contributed by atoms with Gasteiger partial charge in [0.15, 0.2) is 11.7 Å². The molecule has 0 saturated heterocycles. The van der Waals surface area contributed by atoms with Crippen molar-refractivity contribution in [1.29, 1.82) is 0 Å². The first-order valence-electron chi connectivity index (χ1n) is 10.7. The van der Waals surface area contributed by atoms with E-state index >= 15 is 0 Å². The summed E-state index contributed by atoms with van der Waals surface area (Å²) in [6.07, 6.45) is 6.63. The molecule has 1 N–H and O–H groups in total. The molecule has 4 aromatic rings. The van der Waals surface area contributed by atoms with Crippen LogP contribution in [0.1, 0.15) is 37.4 Å². The maximum atomic E-state index is 13.9. The van der Waals surface area contributed by atoms with Crippen molar-refractivity contribution in [3.8, 4) is 11.3 Å². The van der Waals surface area contributed by atoms with E-state index in [1.54, 1.807) is 18.2 Å². The molecule has 7 heteroatoms. The van der Waals surface area contributed by atoms with Gasteiger partial charge in [0.25, 0.3) is 0 Å². The highest BCUT2D eigenvalue weighted by Gasteiger charge is 2.15. The fraction of sp³-hybridized carbons (Fsp3) is 0.292. The highest BCUT2D eigenvalue weighted by atomic mass is 19.1. The maximum Gasteiger partial charge on any atom is 0.224 e.